The summed E-state index contributed by atoms with van der Waals surface area (Å²) in [5.41, 5.74) is 2.43. The van der Waals surface area contributed by atoms with Gasteiger partial charge in [0.2, 0.25) is 0 Å². The molecule has 0 saturated heterocycles. The lowest BCUT2D eigenvalue weighted by atomic mass is 10.2. The monoisotopic (exact) mass is 349 g/mol. The summed E-state index contributed by atoms with van der Waals surface area (Å²) in [4.78, 5) is 24.3. The van der Waals surface area contributed by atoms with Crippen molar-refractivity contribution in [3.05, 3.63) is 71.8 Å². The van der Waals surface area contributed by atoms with Gasteiger partial charge in [-0.05, 0) is 48.9 Å². The minimum absolute atomic E-state index is 0.364. The van der Waals surface area contributed by atoms with Gasteiger partial charge >= 0.3 is 5.97 Å². The number of aryl methyl sites for hydroxylation is 1. The Labute approximate surface area is 151 Å². The molecule has 1 aromatic carbocycles. The molecule has 0 saturated carbocycles. The summed E-state index contributed by atoms with van der Waals surface area (Å²) in [5, 5.41) is 6.49. The van der Waals surface area contributed by atoms with Gasteiger partial charge in [0.15, 0.2) is 0 Å². The van der Waals surface area contributed by atoms with Crippen LogP contribution in [0.5, 0.6) is 0 Å². The maximum atomic E-state index is 11.5. The van der Waals surface area contributed by atoms with Crippen molar-refractivity contribution in [1.29, 1.82) is 0 Å². The molecule has 132 valence electrons. The maximum absolute atomic E-state index is 11.5. The highest BCUT2D eigenvalue weighted by molar-refractivity contribution is 5.89. The number of ether oxygens (including phenoxy) is 1. The van der Waals surface area contributed by atoms with Gasteiger partial charge < -0.3 is 15.4 Å². The molecular formula is C19H19N5O2. The van der Waals surface area contributed by atoms with Crippen LogP contribution in [0.1, 0.15) is 21.7 Å². The number of esters is 1. The van der Waals surface area contributed by atoms with Gasteiger partial charge in [-0.3, -0.25) is 4.98 Å². The highest BCUT2D eigenvalue weighted by atomic mass is 16.5. The van der Waals surface area contributed by atoms with Crippen LogP contribution in [0.15, 0.2) is 54.9 Å². The fourth-order valence-corrected chi connectivity index (χ4v) is 2.37. The van der Waals surface area contributed by atoms with Crippen molar-refractivity contribution in [2.45, 2.75) is 13.5 Å². The van der Waals surface area contributed by atoms with E-state index in [4.69, 9.17) is 4.74 Å². The predicted octanol–water partition coefficient (Wildman–Crippen LogP) is 3.32. The van der Waals surface area contributed by atoms with Crippen molar-refractivity contribution in [1.82, 2.24) is 15.0 Å². The maximum Gasteiger partial charge on any atom is 0.337 e. The van der Waals surface area contributed by atoms with Crippen LogP contribution in [0, 0.1) is 6.92 Å². The lowest BCUT2D eigenvalue weighted by Crippen LogP contribution is -2.05. The van der Waals surface area contributed by atoms with Gasteiger partial charge in [-0.15, -0.1) is 0 Å². The molecule has 0 fully saturated rings. The Morgan fingerprint density at radius 1 is 1.04 bits per heavy atom. The lowest BCUT2D eigenvalue weighted by molar-refractivity contribution is 0.0601. The zero-order valence-corrected chi connectivity index (χ0v) is 14.6. The molecule has 3 aromatic rings. The summed E-state index contributed by atoms with van der Waals surface area (Å²) in [6.45, 7) is 2.48. The third kappa shape index (κ3) is 4.54. The van der Waals surface area contributed by atoms with Crippen LogP contribution in [-0.4, -0.2) is 28.0 Å². The van der Waals surface area contributed by atoms with E-state index in [-0.39, 0.29) is 5.97 Å². The molecule has 7 nitrogen and oxygen atoms in total. The van der Waals surface area contributed by atoms with Gasteiger partial charge in [-0.2, -0.15) is 0 Å². The number of nitrogens with one attached hydrogen (secondary N) is 2. The van der Waals surface area contributed by atoms with Gasteiger partial charge in [-0.1, -0.05) is 0 Å². The van der Waals surface area contributed by atoms with Gasteiger partial charge in [0, 0.05) is 30.7 Å². The number of benzene rings is 1. The van der Waals surface area contributed by atoms with Gasteiger partial charge in [-0.25, -0.2) is 14.8 Å². The molecular weight excluding hydrogens is 330 g/mol. The number of carbonyl (C=O) groups excluding carboxylic acids is 1. The second kappa shape index (κ2) is 8.06. The van der Waals surface area contributed by atoms with E-state index in [1.807, 2.05) is 25.1 Å². The topological polar surface area (TPSA) is 89.0 Å². The molecule has 0 aliphatic rings. The zero-order valence-electron chi connectivity index (χ0n) is 14.6. The molecule has 0 atom stereocenters. The number of methoxy groups -OCH3 is 1. The Bertz CT molecular complexity index is 882. The van der Waals surface area contributed by atoms with Gasteiger partial charge in [0.1, 0.15) is 17.5 Å². The Kier molecular flexibility index (Phi) is 5.38. The van der Waals surface area contributed by atoms with Gasteiger partial charge in [0.05, 0.1) is 12.7 Å². The number of pyridine rings is 1. The first-order valence-electron chi connectivity index (χ1n) is 8.08. The molecule has 0 amide bonds. The molecule has 0 spiro atoms. The SMILES string of the molecule is COC(=O)c1ccc(Nc2cc(NCc3ccncc3)nc(C)n2)cc1. The van der Waals surface area contributed by atoms with Gasteiger partial charge in [0.25, 0.3) is 0 Å². The summed E-state index contributed by atoms with van der Waals surface area (Å²) in [6, 6.07) is 12.7. The standard InChI is InChI=1S/C19H19N5O2/c1-13-22-17(21-12-14-7-9-20-10-8-14)11-18(23-13)24-16-5-3-15(4-6-16)19(25)26-2/h3-11H,12H2,1-2H3,(H2,21,22,23,24). The number of rotatable bonds is 6. The fourth-order valence-electron chi connectivity index (χ4n) is 2.37. The van der Waals surface area contributed by atoms with E-state index in [1.165, 1.54) is 7.11 Å². The number of hydrogen-bond acceptors (Lipinski definition) is 7. The Balaban J connectivity index is 1.70. The number of anilines is 3. The summed E-state index contributed by atoms with van der Waals surface area (Å²) in [7, 11) is 1.36. The third-order valence-electron chi connectivity index (χ3n) is 3.64. The molecule has 0 unspecified atom stereocenters. The molecule has 3 rings (SSSR count). The summed E-state index contributed by atoms with van der Waals surface area (Å²) in [6.07, 6.45) is 3.51. The van der Waals surface area contributed by atoms with Crippen LogP contribution >= 0.6 is 0 Å². The Morgan fingerprint density at radius 2 is 1.73 bits per heavy atom. The van der Waals surface area contributed by atoms with E-state index in [1.54, 1.807) is 36.7 Å². The number of aromatic nitrogens is 3. The second-order valence-electron chi connectivity index (χ2n) is 5.59. The van der Waals surface area contributed by atoms with Crippen molar-refractivity contribution in [3.8, 4) is 0 Å². The van der Waals surface area contributed by atoms with E-state index in [2.05, 4.69) is 25.6 Å². The third-order valence-corrected chi connectivity index (χ3v) is 3.64. The van der Waals surface area contributed by atoms with Crippen LogP contribution in [-0.2, 0) is 11.3 Å². The van der Waals surface area contributed by atoms with E-state index in [0.29, 0.717) is 23.8 Å². The van der Waals surface area contributed by atoms with E-state index >= 15 is 0 Å². The largest absolute Gasteiger partial charge is 0.465 e. The van der Waals surface area contributed by atoms with Crippen molar-refractivity contribution < 1.29 is 9.53 Å². The highest BCUT2D eigenvalue weighted by Gasteiger charge is 2.06. The second-order valence-corrected chi connectivity index (χ2v) is 5.59. The molecule has 0 bridgehead atoms. The minimum atomic E-state index is -0.364. The normalized spacial score (nSPS) is 10.2. The number of hydrogen-bond donors (Lipinski definition) is 2. The Morgan fingerprint density at radius 3 is 2.42 bits per heavy atom. The van der Waals surface area contributed by atoms with Crippen LogP contribution in [0.25, 0.3) is 0 Å². The molecule has 2 aromatic heterocycles. The summed E-state index contributed by atoms with van der Waals surface area (Å²) in [5.74, 6) is 1.68. The van der Waals surface area contributed by atoms with E-state index in [0.717, 1.165) is 17.1 Å². The van der Waals surface area contributed by atoms with Crippen LogP contribution in [0.4, 0.5) is 17.3 Å². The quantitative estimate of drug-likeness (QED) is 0.660. The lowest BCUT2D eigenvalue weighted by Gasteiger charge is -2.10. The molecule has 7 heteroatoms. The predicted molar refractivity (Wildman–Crippen MR) is 99.4 cm³/mol. The zero-order chi connectivity index (χ0) is 18.4. The average molecular weight is 349 g/mol. The Hall–Kier alpha value is -3.48. The smallest absolute Gasteiger partial charge is 0.337 e. The van der Waals surface area contributed by atoms with Crippen molar-refractivity contribution in [3.63, 3.8) is 0 Å². The molecule has 0 aliphatic heterocycles. The molecule has 2 N–H and O–H groups in total. The first-order chi connectivity index (χ1) is 12.6. The van der Waals surface area contributed by atoms with Crippen molar-refractivity contribution in [2.24, 2.45) is 0 Å². The first-order valence-corrected chi connectivity index (χ1v) is 8.08. The highest BCUT2D eigenvalue weighted by Crippen LogP contribution is 2.18. The van der Waals surface area contributed by atoms with E-state index in [9.17, 15) is 4.79 Å². The van der Waals surface area contributed by atoms with Crippen molar-refractivity contribution in [2.75, 3.05) is 17.7 Å². The minimum Gasteiger partial charge on any atom is -0.465 e. The molecule has 26 heavy (non-hydrogen) atoms. The van der Waals surface area contributed by atoms with Crippen molar-refractivity contribution >= 4 is 23.3 Å². The van der Waals surface area contributed by atoms with E-state index < -0.39 is 0 Å². The van der Waals surface area contributed by atoms with Crippen LogP contribution in [0.3, 0.4) is 0 Å². The summed E-state index contributed by atoms with van der Waals surface area (Å²) < 4.78 is 4.70. The molecule has 0 radical (unpaired) electrons. The number of nitrogens with zero attached hydrogens (tertiary/aromatic N) is 3. The van der Waals surface area contributed by atoms with Crippen LogP contribution in [0.2, 0.25) is 0 Å². The van der Waals surface area contributed by atoms with Crippen LogP contribution < -0.4 is 10.6 Å². The molecule has 0 aliphatic carbocycles. The summed E-state index contributed by atoms with van der Waals surface area (Å²) >= 11 is 0. The number of carbonyl (C=O) groups is 1. The first kappa shape index (κ1) is 17.3. The fraction of sp³-hybridized carbons (Fsp3) is 0.158. The average Bonchev–Trinajstić information content (AvgIpc) is 2.67. The molecule has 2 heterocycles.